The van der Waals surface area contributed by atoms with Crippen LogP contribution >= 0.6 is 11.8 Å². The molecule has 4 amide bonds. The molecule has 0 spiro atoms. The fourth-order valence-electron chi connectivity index (χ4n) is 3.38. The van der Waals surface area contributed by atoms with Gasteiger partial charge in [0.25, 0.3) is 5.91 Å². The molecule has 1 aliphatic rings. The predicted molar refractivity (Wildman–Crippen MR) is 120 cm³/mol. The fourth-order valence-corrected chi connectivity index (χ4v) is 3.84. The van der Waals surface area contributed by atoms with Crippen molar-refractivity contribution >= 4 is 35.3 Å². The third kappa shape index (κ3) is 4.36. The number of carbonyl (C=O) groups is 3. The van der Waals surface area contributed by atoms with Gasteiger partial charge in [-0.05, 0) is 47.9 Å². The van der Waals surface area contributed by atoms with Gasteiger partial charge in [-0.3, -0.25) is 14.5 Å². The van der Waals surface area contributed by atoms with Gasteiger partial charge in [0.15, 0.2) is 0 Å². The molecule has 1 heterocycles. The number of amides is 4. The van der Waals surface area contributed by atoms with Gasteiger partial charge in [-0.1, -0.05) is 51.1 Å². The lowest BCUT2D eigenvalue weighted by molar-refractivity contribution is -0.133. The molecule has 2 N–H and O–H groups in total. The van der Waals surface area contributed by atoms with Crippen LogP contribution in [0.1, 0.15) is 38.8 Å². The van der Waals surface area contributed by atoms with Crippen LogP contribution in [0.2, 0.25) is 0 Å². The number of nitrogens with one attached hydrogen (secondary N) is 2. The molecule has 0 bridgehead atoms. The first kappa shape index (κ1) is 21.9. The van der Waals surface area contributed by atoms with Crippen LogP contribution in [0.5, 0.6) is 0 Å². The number of imide groups is 1. The zero-order valence-electron chi connectivity index (χ0n) is 17.9. The Morgan fingerprint density at radius 3 is 2.40 bits per heavy atom. The molecule has 158 valence electrons. The number of thioether (sulfide) groups is 1. The van der Waals surface area contributed by atoms with Crippen LogP contribution in [-0.2, 0) is 20.5 Å². The maximum absolute atomic E-state index is 13.1. The zero-order valence-corrected chi connectivity index (χ0v) is 18.7. The van der Waals surface area contributed by atoms with Crippen molar-refractivity contribution in [1.29, 1.82) is 0 Å². The lowest BCUT2D eigenvalue weighted by Crippen LogP contribution is -2.42. The molecular weight excluding hydrogens is 398 g/mol. The monoisotopic (exact) mass is 425 g/mol. The minimum atomic E-state index is -1.20. The van der Waals surface area contributed by atoms with Crippen molar-refractivity contribution in [3.8, 4) is 0 Å². The molecule has 1 saturated heterocycles. The molecule has 2 aromatic rings. The van der Waals surface area contributed by atoms with Gasteiger partial charge in [0.05, 0.1) is 0 Å². The van der Waals surface area contributed by atoms with Crippen molar-refractivity contribution in [2.45, 2.75) is 43.5 Å². The minimum absolute atomic E-state index is 0.0138. The summed E-state index contributed by atoms with van der Waals surface area (Å²) in [4.78, 5) is 40.0. The number of rotatable bonds is 5. The van der Waals surface area contributed by atoms with E-state index >= 15 is 0 Å². The maximum Gasteiger partial charge on any atom is 0.325 e. The van der Waals surface area contributed by atoms with Crippen molar-refractivity contribution < 1.29 is 14.4 Å². The van der Waals surface area contributed by atoms with E-state index < -0.39 is 23.4 Å². The lowest BCUT2D eigenvalue weighted by atomic mass is 9.84. The number of hydrogen-bond acceptors (Lipinski definition) is 4. The van der Waals surface area contributed by atoms with E-state index in [0.29, 0.717) is 11.3 Å². The zero-order chi connectivity index (χ0) is 22.1. The second-order valence-corrected chi connectivity index (χ2v) is 9.43. The highest BCUT2D eigenvalue weighted by atomic mass is 32.2. The molecule has 2 aromatic carbocycles. The summed E-state index contributed by atoms with van der Waals surface area (Å²) in [5.74, 6) is -0.867. The maximum atomic E-state index is 13.1. The Hall–Kier alpha value is -2.80. The normalized spacial score (nSPS) is 19.0. The number of hydrogen-bond donors (Lipinski definition) is 2. The average molecular weight is 426 g/mol. The molecule has 3 rings (SSSR count). The standard InChI is InChI=1S/C23H27N3O3S/c1-22(2,3)15-9-11-16(12-10-15)23(4)20(28)26(21(29)25-23)14-19(27)24-17-7-6-8-18(13-17)30-5/h6-13H,14H2,1-5H3,(H,24,27)(H,25,29). The van der Waals surface area contributed by atoms with Crippen LogP contribution in [0, 0.1) is 0 Å². The third-order valence-electron chi connectivity index (χ3n) is 5.26. The second-order valence-electron chi connectivity index (χ2n) is 8.55. The van der Waals surface area contributed by atoms with Crippen LogP contribution < -0.4 is 10.6 Å². The van der Waals surface area contributed by atoms with Gasteiger partial charge in [-0.15, -0.1) is 11.8 Å². The van der Waals surface area contributed by atoms with Crippen LogP contribution in [0.4, 0.5) is 10.5 Å². The Morgan fingerprint density at radius 2 is 1.80 bits per heavy atom. The van der Waals surface area contributed by atoms with Gasteiger partial charge in [-0.2, -0.15) is 0 Å². The first-order valence-electron chi connectivity index (χ1n) is 9.73. The second kappa shape index (κ2) is 8.14. The van der Waals surface area contributed by atoms with E-state index in [1.807, 2.05) is 48.7 Å². The smallest absolute Gasteiger partial charge is 0.324 e. The average Bonchev–Trinajstić information content (AvgIpc) is 2.91. The molecule has 7 heteroatoms. The number of carbonyl (C=O) groups excluding carboxylic acids is 3. The highest BCUT2D eigenvalue weighted by molar-refractivity contribution is 7.98. The molecule has 0 aromatic heterocycles. The van der Waals surface area contributed by atoms with Gasteiger partial charge < -0.3 is 10.6 Å². The molecule has 0 radical (unpaired) electrons. The van der Waals surface area contributed by atoms with E-state index in [0.717, 1.165) is 15.4 Å². The Morgan fingerprint density at radius 1 is 1.13 bits per heavy atom. The Kier molecular flexibility index (Phi) is 5.94. The lowest BCUT2D eigenvalue weighted by Gasteiger charge is -2.24. The van der Waals surface area contributed by atoms with Gasteiger partial charge >= 0.3 is 6.03 Å². The molecule has 1 fully saturated rings. The van der Waals surface area contributed by atoms with Crippen LogP contribution in [-0.4, -0.2) is 35.5 Å². The van der Waals surface area contributed by atoms with Crippen LogP contribution in [0.25, 0.3) is 0 Å². The van der Waals surface area contributed by atoms with E-state index in [4.69, 9.17) is 0 Å². The number of urea groups is 1. The largest absolute Gasteiger partial charge is 0.325 e. The van der Waals surface area contributed by atoms with E-state index in [1.165, 1.54) is 0 Å². The summed E-state index contributed by atoms with van der Waals surface area (Å²) in [5.41, 5.74) is 1.23. The minimum Gasteiger partial charge on any atom is -0.324 e. The fraction of sp³-hybridized carbons (Fsp3) is 0.348. The topological polar surface area (TPSA) is 78.5 Å². The van der Waals surface area contributed by atoms with Crippen LogP contribution in [0.3, 0.4) is 0 Å². The Labute approximate surface area is 181 Å². The molecule has 1 unspecified atom stereocenters. The highest BCUT2D eigenvalue weighted by Crippen LogP contribution is 2.31. The van der Waals surface area contributed by atoms with Gasteiger partial charge in [0.2, 0.25) is 5.91 Å². The Bertz CT molecular complexity index is 982. The van der Waals surface area contributed by atoms with Crippen LogP contribution in [0.15, 0.2) is 53.4 Å². The van der Waals surface area contributed by atoms with Gasteiger partial charge in [0.1, 0.15) is 12.1 Å². The third-order valence-corrected chi connectivity index (χ3v) is 5.98. The molecular formula is C23H27N3O3S. The van der Waals surface area contributed by atoms with Gasteiger partial charge in [0, 0.05) is 10.6 Å². The number of anilines is 1. The predicted octanol–water partition coefficient (Wildman–Crippen LogP) is 4.11. The summed E-state index contributed by atoms with van der Waals surface area (Å²) >= 11 is 1.56. The summed E-state index contributed by atoms with van der Waals surface area (Å²) in [5, 5.41) is 5.50. The van der Waals surface area contributed by atoms with E-state index in [-0.39, 0.29) is 12.0 Å². The molecule has 30 heavy (non-hydrogen) atoms. The first-order chi connectivity index (χ1) is 14.0. The van der Waals surface area contributed by atoms with E-state index in [1.54, 1.807) is 24.8 Å². The van der Waals surface area contributed by atoms with Crippen molar-refractivity contribution in [3.63, 3.8) is 0 Å². The molecule has 6 nitrogen and oxygen atoms in total. The first-order valence-corrected chi connectivity index (χ1v) is 11.0. The van der Waals surface area contributed by atoms with E-state index in [9.17, 15) is 14.4 Å². The highest BCUT2D eigenvalue weighted by Gasteiger charge is 2.49. The number of benzene rings is 2. The summed E-state index contributed by atoms with van der Waals surface area (Å²) in [6, 6.07) is 14.5. The molecule has 1 atom stereocenters. The Balaban J connectivity index is 1.74. The molecule has 0 aliphatic carbocycles. The summed E-state index contributed by atoms with van der Waals surface area (Å²) in [6.45, 7) is 7.66. The summed E-state index contributed by atoms with van der Waals surface area (Å²) in [6.07, 6.45) is 1.95. The van der Waals surface area contributed by atoms with Crippen molar-refractivity contribution in [2.75, 3.05) is 18.1 Å². The number of nitrogens with zero attached hydrogens (tertiary/aromatic N) is 1. The van der Waals surface area contributed by atoms with Crippen molar-refractivity contribution in [1.82, 2.24) is 10.2 Å². The molecule has 0 saturated carbocycles. The SMILES string of the molecule is CSc1cccc(NC(=O)CN2C(=O)NC(C)(c3ccc(C(C)(C)C)cc3)C2=O)c1. The van der Waals surface area contributed by atoms with Crippen molar-refractivity contribution in [3.05, 3.63) is 59.7 Å². The summed E-state index contributed by atoms with van der Waals surface area (Å²) in [7, 11) is 0. The quantitative estimate of drug-likeness (QED) is 0.558. The van der Waals surface area contributed by atoms with Crippen molar-refractivity contribution in [2.24, 2.45) is 0 Å². The van der Waals surface area contributed by atoms with Gasteiger partial charge in [-0.25, -0.2) is 4.79 Å². The van der Waals surface area contributed by atoms with E-state index in [2.05, 4.69) is 31.4 Å². The summed E-state index contributed by atoms with van der Waals surface area (Å²) < 4.78 is 0. The molecule has 1 aliphatic heterocycles.